The molecule has 0 radical (unpaired) electrons. The minimum absolute atomic E-state index is 0.315. The molecule has 0 fully saturated rings. The minimum Gasteiger partial charge on any atom is -0.340 e. The number of nitrogens with zero attached hydrogens (tertiary/aromatic N) is 3. The van der Waals surface area contributed by atoms with Crippen molar-refractivity contribution >= 4 is 11.6 Å². The van der Waals surface area contributed by atoms with E-state index in [9.17, 15) is 9.18 Å². The second-order valence-corrected chi connectivity index (χ2v) is 5.17. The van der Waals surface area contributed by atoms with Crippen LogP contribution in [0.4, 0.5) is 10.1 Å². The van der Waals surface area contributed by atoms with Crippen LogP contribution in [-0.4, -0.2) is 20.6 Å². The zero-order chi connectivity index (χ0) is 16.4. The second kappa shape index (κ2) is 6.04. The fraction of sp³-hybridized carbons (Fsp3) is 0.188. The standard InChI is InChI=1S/C16H15FN4O2/c1-10-5-6-12(8-13(10)17)19-16(22)14-4-3-7-21(14)9-15-18-11(2)23-20-15/h3-8H,9H2,1-2H3,(H,19,22). The molecule has 1 N–H and O–H groups in total. The van der Waals surface area contributed by atoms with Gasteiger partial charge in [-0.15, -0.1) is 0 Å². The van der Waals surface area contributed by atoms with Gasteiger partial charge in [0.25, 0.3) is 5.91 Å². The quantitative estimate of drug-likeness (QED) is 0.803. The predicted molar refractivity (Wildman–Crippen MR) is 81.7 cm³/mol. The number of aryl methyl sites for hydroxylation is 2. The van der Waals surface area contributed by atoms with E-state index in [1.165, 1.54) is 6.07 Å². The molecule has 118 valence electrons. The van der Waals surface area contributed by atoms with E-state index in [1.807, 2.05) is 0 Å². The summed E-state index contributed by atoms with van der Waals surface area (Å²) in [5.41, 5.74) is 1.36. The summed E-state index contributed by atoms with van der Waals surface area (Å²) in [5.74, 6) is 0.251. The van der Waals surface area contributed by atoms with E-state index in [0.29, 0.717) is 35.2 Å². The highest BCUT2D eigenvalue weighted by Gasteiger charge is 2.13. The van der Waals surface area contributed by atoms with Crippen molar-refractivity contribution in [2.75, 3.05) is 5.32 Å². The Balaban J connectivity index is 1.77. The monoisotopic (exact) mass is 314 g/mol. The minimum atomic E-state index is -0.361. The summed E-state index contributed by atoms with van der Waals surface area (Å²) in [5, 5.41) is 6.49. The Morgan fingerprint density at radius 3 is 2.87 bits per heavy atom. The first kappa shape index (κ1) is 15.0. The molecule has 0 spiro atoms. The van der Waals surface area contributed by atoms with E-state index >= 15 is 0 Å². The topological polar surface area (TPSA) is 73.0 Å². The molecule has 0 bridgehead atoms. The number of carbonyl (C=O) groups excluding carboxylic acids is 1. The highest BCUT2D eigenvalue weighted by molar-refractivity contribution is 6.03. The van der Waals surface area contributed by atoms with Crippen LogP contribution in [0.15, 0.2) is 41.1 Å². The van der Waals surface area contributed by atoms with Crippen molar-refractivity contribution in [3.05, 3.63) is 65.3 Å². The van der Waals surface area contributed by atoms with E-state index in [0.717, 1.165) is 0 Å². The number of nitrogens with one attached hydrogen (secondary N) is 1. The predicted octanol–water partition coefficient (Wildman–Crippen LogP) is 2.93. The average molecular weight is 314 g/mol. The van der Waals surface area contributed by atoms with Gasteiger partial charge in [-0.2, -0.15) is 4.98 Å². The third-order valence-corrected chi connectivity index (χ3v) is 3.37. The number of amides is 1. The van der Waals surface area contributed by atoms with Gasteiger partial charge in [-0.3, -0.25) is 4.79 Å². The molecule has 0 atom stereocenters. The molecule has 3 rings (SSSR count). The highest BCUT2D eigenvalue weighted by Crippen LogP contribution is 2.15. The first-order valence-corrected chi connectivity index (χ1v) is 7.05. The number of aromatic nitrogens is 3. The van der Waals surface area contributed by atoms with Crippen LogP contribution in [0.1, 0.15) is 27.8 Å². The maximum absolute atomic E-state index is 13.6. The van der Waals surface area contributed by atoms with Gasteiger partial charge in [0.05, 0.1) is 6.54 Å². The second-order valence-electron chi connectivity index (χ2n) is 5.17. The molecule has 0 aliphatic rings. The molecular formula is C16H15FN4O2. The molecule has 1 amide bonds. The SMILES string of the molecule is Cc1nc(Cn2cccc2C(=O)Nc2ccc(C)c(F)c2)no1. The maximum Gasteiger partial charge on any atom is 0.272 e. The van der Waals surface area contributed by atoms with Crippen molar-refractivity contribution < 1.29 is 13.7 Å². The van der Waals surface area contributed by atoms with Crippen LogP contribution in [0.25, 0.3) is 0 Å². The van der Waals surface area contributed by atoms with Crippen molar-refractivity contribution in [3.63, 3.8) is 0 Å². The molecule has 7 heteroatoms. The maximum atomic E-state index is 13.6. The molecule has 0 saturated carbocycles. The van der Waals surface area contributed by atoms with Crippen molar-refractivity contribution in [1.82, 2.24) is 14.7 Å². The molecule has 0 aliphatic heterocycles. The van der Waals surface area contributed by atoms with Gasteiger partial charge < -0.3 is 14.4 Å². The van der Waals surface area contributed by atoms with Crippen molar-refractivity contribution in [3.8, 4) is 0 Å². The lowest BCUT2D eigenvalue weighted by Crippen LogP contribution is -2.17. The van der Waals surface area contributed by atoms with Crippen LogP contribution in [0, 0.1) is 19.7 Å². The number of hydrogen-bond donors (Lipinski definition) is 1. The summed E-state index contributed by atoms with van der Waals surface area (Å²) >= 11 is 0. The molecule has 0 unspecified atom stereocenters. The highest BCUT2D eigenvalue weighted by atomic mass is 19.1. The van der Waals surface area contributed by atoms with Gasteiger partial charge in [0.1, 0.15) is 11.5 Å². The summed E-state index contributed by atoms with van der Waals surface area (Å²) in [6.45, 7) is 3.68. The fourth-order valence-electron chi connectivity index (χ4n) is 2.18. The largest absolute Gasteiger partial charge is 0.340 e. The van der Waals surface area contributed by atoms with Crippen molar-refractivity contribution in [1.29, 1.82) is 0 Å². The van der Waals surface area contributed by atoms with E-state index in [-0.39, 0.29) is 11.7 Å². The summed E-state index contributed by atoms with van der Waals surface area (Å²) < 4.78 is 20.2. The third kappa shape index (κ3) is 3.28. The first-order valence-electron chi connectivity index (χ1n) is 7.05. The van der Waals surface area contributed by atoms with Crippen LogP contribution in [0.2, 0.25) is 0 Å². The van der Waals surface area contributed by atoms with E-state index in [2.05, 4.69) is 15.5 Å². The van der Waals surface area contributed by atoms with Crippen LogP contribution in [0.3, 0.4) is 0 Å². The van der Waals surface area contributed by atoms with Gasteiger partial charge in [-0.25, -0.2) is 4.39 Å². The van der Waals surface area contributed by atoms with Gasteiger partial charge in [0.2, 0.25) is 5.89 Å². The molecule has 0 aliphatic carbocycles. The zero-order valence-electron chi connectivity index (χ0n) is 12.7. The van der Waals surface area contributed by atoms with Gasteiger partial charge >= 0.3 is 0 Å². The van der Waals surface area contributed by atoms with Gasteiger partial charge in [0.15, 0.2) is 5.82 Å². The normalized spacial score (nSPS) is 10.7. The van der Waals surface area contributed by atoms with E-state index < -0.39 is 0 Å². The fourth-order valence-corrected chi connectivity index (χ4v) is 2.18. The van der Waals surface area contributed by atoms with Gasteiger partial charge in [-0.05, 0) is 36.8 Å². The van der Waals surface area contributed by atoms with Crippen LogP contribution >= 0.6 is 0 Å². The Morgan fingerprint density at radius 1 is 1.35 bits per heavy atom. The van der Waals surface area contributed by atoms with E-state index in [4.69, 9.17) is 4.52 Å². The lowest BCUT2D eigenvalue weighted by atomic mass is 10.2. The van der Waals surface area contributed by atoms with Crippen molar-refractivity contribution in [2.24, 2.45) is 0 Å². The Labute approximate surface area is 131 Å². The molecule has 2 aromatic heterocycles. The number of anilines is 1. The van der Waals surface area contributed by atoms with E-state index in [1.54, 1.807) is 48.9 Å². The summed E-state index contributed by atoms with van der Waals surface area (Å²) in [6.07, 6.45) is 1.75. The summed E-state index contributed by atoms with van der Waals surface area (Å²) in [4.78, 5) is 16.5. The Morgan fingerprint density at radius 2 is 2.17 bits per heavy atom. The Kier molecular flexibility index (Phi) is 3.92. The molecule has 6 nitrogen and oxygen atoms in total. The Hall–Kier alpha value is -2.96. The number of hydrogen-bond acceptors (Lipinski definition) is 4. The average Bonchev–Trinajstić information content (AvgIpc) is 3.12. The zero-order valence-corrected chi connectivity index (χ0v) is 12.7. The third-order valence-electron chi connectivity index (χ3n) is 3.37. The van der Waals surface area contributed by atoms with Crippen LogP contribution in [0.5, 0.6) is 0 Å². The van der Waals surface area contributed by atoms with Gasteiger partial charge in [0, 0.05) is 18.8 Å². The molecule has 23 heavy (non-hydrogen) atoms. The number of carbonyl (C=O) groups is 1. The van der Waals surface area contributed by atoms with Gasteiger partial charge in [-0.1, -0.05) is 11.2 Å². The number of benzene rings is 1. The lowest BCUT2D eigenvalue weighted by molar-refractivity contribution is 0.101. The Bertz CT molecular complexity index is 853. The molecular weight excluding hydrogens is 299 g/mol. The van der Waals surface area contributed by atoms with Crippen LogP contribution < -0.4 is 5.32 Å². The van der Waals surface area contributed by atoms with Crippen molar-refractivity contribution in [2.45, 2.75) is 20.4 Å². The number of rotatable bonds is 4. The molecule has 1 aromatic carbocycles. The molecule has 2 heterocycles. The summed E-state index contributed by atoms with van der Waals surface area (Å²) in [7, 11) is 0. The molecule has 0 saturated heterocycles. The first-order chi connectivity index (χ1) is 11.0. The number of halogens is 1. The van der Waals surface area contributed by atoms with Crippen LogP contribution in [-0.2, 0) is 6.54 Å². The molecule has 3 aromatic rings. The lowest BCUT2D eigenvalue weighted by Gasteiger charge is -2.09. The smallest absolute Gasteiger partial charge is 0.272 e. The summed E-state index contributed by atoms with van der Waals surface area (Å²) in [6, 6.07) is 7.99.